The molecular weight excluding hydrogens is 378 g/mol. The lowest BCUT2D eigenvalue weighted by Crippen LogP contribution is -2.36. The lowest BCUT2D eigenvalue weighted by atomic mass is 10.0. The van der Waals surface area contributed by atoms with E-state index in [0.29, 0.717) is 6.54 Å². The molecule has 5 nitrogen and oxygen atoms in total. The van der Waals surface area contributed by atoms with E-state index in [1.54, 1.807) is 17.0 Å². The van der Waals surface area contributed by atoms with Gasteiger partial charge in [-0.25, -0.2) is 4.79 Å². The molecule has 1 aliphatic carbocycles. The molecule has 1 fully saturated rings. The second-order valence-corrected chi connectivity index (χ2v) is 7.39. The summed E-state index contributed by atoms with van der Waals surface area (Å²) in [6.45, 7) is 1.59. The number of benzene rings is 2. The fraction of sp³-hybridized carbons (Fsp3) is 0.409. The van der Waals surface area contributed by atoms with Gasteiger partial charge in [-0.3, -0.25) is 0 Å². The number of nitrogens with zero attached hydrogens (tertiary/aromatic N) is 1. The maximum Gasteiger partial charge on any atom is 0.387 e. The van der Waals surface area contributed by atoms with Crippen molar-refractivity contribution in [2.24, 2.45) is 0 Å². The minimum atomic E-state index is -2.93. The van der Waals surface area contributed by atoms with E-state index < -0.39 is 6.61 Å². The van der Waals surface area contributed by atoms with E-state index in [-0.39, 0.29) is 29.5 Å². The summed E-state index contributed by atoms with van der Waals surface area (Å²) in [5.74, 6) is 0.469. The monoisotopic (exact) mass is 404 g/mol. The molecule has 1 saturated carbocycles. The molecule has 0 radical (unpaired) electrons. The van der Waals surface area contributed by atoms with E-state index in [4.69, 9.17) is 4.74 Å². The number of methoxy groups -OCH3 is 1. The number of urea groups is 1. The van der Waals surface area contributed by atoms with Crippen LogP contribution in [0.25, 0.3) is 0 Å². The number of rotatable bonds is 8. The van der Waals surface area contributed by atoms with Crippen molar-refractivity contribution in [1.82, 2.24) is 4.90 Å². The highest BCUT2D eigenvalue weighted by atomic mass is 19.3. The van der Waals surface area contributed by atoms with Crippen molar-refractivity contribution in [3.8, 4) is 11.5 Å². The molecule has 0 heterocycles. The topological polar surface area (TPSA) is 50.8 Å². The summed E-state index contributed by atoms with van der Waals surface area (Å²) in [4.78, 5) is 14.8. The van der Waals surface area contributed by atoms with Crippen LogP contribution in [0.4, 0.5) is 19.3 Å². The molecule has 0 saturated heterocycles. The van der Waals surface area contributed by atoms with Crippen molar-refractivity contribution in [3.05, 3.63) is 53.6 Å². The summed E-state index contributed by atoms with van der Waals surface area (Å²) in [5, 5.41) is 3.03. The number of hydrogen-bond acceptors (Lipinski definition) is 3. The van der Waals surface area contributed by atoms with Gasteiger partial charge in [-0.1, -0.05) is 38.1 Å². The van der Waals surface area contributed by atoms with Crippen molar-refractivity contribution in [3.63, 3.8) is 0 Å². The highest BCUT2D eigenvalue weighted by Crippen LogP contribution is 2.33. The number of carbonyl (C=O) groups is 1. The predicted octanol–water partition coefficient (Wildman–Crippen LogP) is 5.62. The summed E-state index contributed by atoms with van der Waals surface area (Å²) >= 11 is 0. The Morgan fingerprint density at radius 3 is 2.52 bits per heavy atom. The Morgan fingerprint density at radius 2 is 1.90 bits per heavy atom. The fourth-order valence-corrected chi connectivity index (χ4v) is 3.25. The molecule has 2 aromatic rings. The van der Waals surface area contributed by atoms with Gasteiger partial charge in [0.1, 0.15) is 0 Å². The van der Waals surface area contributed by atoms with Crippen molar-refractivity contribution < 1.29 is 23.0 Å². The summed E-state index contributed by atoms with van der Waals surface area (Å²) in [5.41, 5.74) is 2.66. The van der Waals surface area contributed by atoms with E-state index in [0.717, 1.165) is 29.7 Å². The van der Waals surface area contributed by atoms with Crippen LogP contribution in [0, 0.1) is 0 Å². The summed E-state index contributed by atoms with van der Waals surface area (Å²) in [6, 6.07) is 12.5. The molecule has 0 aliphatic heterocycles. The molecular formula is C22H26F2N2O3. The Morgan fingerprint density at radius 1 is 1.17 bits per heavy atom. The van der Waals surface area contributed by atoms with Gasteiger partial charge in [0.15, 0.2) is 11.5 Å². The van der Waals surface area contributed by atoms with Crippen molar-refractivity contribution in [2.45, 2.75) is 51.8 Å². The van der Waals surface area contributed by atoms with Gasteiger partial charge >= 0.3 is 12.6 Å². The summed E-state index contributed by atoms with van der Waals surface area (Å²) in [6.07, 6.45) is 1.89. The van der Waals surface area contributed by atoms with Gasteiger partial charge in [-0.2, -0.15) is 8.78 Å². The number of hydrogen-bond donors (Lipinski definition) is 1. The maximum absolute atomic E-state index is 13.0. The molecule has 0 aromatic heterocycles. The average molecular weight is 404 g/mol. The fourth-order valence-electron chi connectivity index (χ4n) is 3.25. The number of carbonyl (C=O) groups excluding carboxylic acids is 1. The molecule has 0 unspecified atom stereocenters. The molecule has 3 rings (SSSR count). The number of amides is 2. The number of ether oxygens (including phenoxy) is 2. The number of nitrogens with one attached hydrogen (secondary N) is 1. The van der Waals surface area contributed by atoms with Crippen LogP contribution >= 0.6 is 0 Å². The van der Waals surface area contributed by atoms with Gasteiger partial charge < -0.3 is 19.7 Å². The van der Waals surface area contributed by atoms with E-state index in [2.05, 4.69) is 23.9 Å². The van der Waals surface area contributed by atoms with E-state index in [1.807, 2.05) is 24.3 Å². The lowest BCUT2D eigenvalue weighted by molar-refractivity contribution is -0.0512. The lowest BCUT2D eigenvalue weighted by Gasteiger charge is -2.24. The average Bonchev–Trinajstić information content (AvgIpc) is 3.51. The Balaban J connectivity index is 1.76. The molecule has 1 aliphatic rings. The molecule has 1 N–H and O–H groups in total. The Kier molecular flexibility index (Phi) is 6.56. The third kappa shape index (κ3) is 5.37. The highest BCUT2D eigenvalue weighted by Gasteiger charge is 2.33. The molecule has 29 heavy (non-hydrogen) atoms. The standard InChI is InChI=1S/C22H26F2N2O3/c1-14(2)17-6-4-5-7-18(17)25-22(27)26(16-9-10-16)13-15-8-11-19(29-21(23)24)20(12-15)28-3/h4-8,11-12,14,16,21H,9-10,13H2,1-3H3,(H,25,27). The number of alkyl halides is 2. The highest BCUT2D eigenvalue weighted by molar-refractivity contribution is 5.90. The van der Waals surface area contributed by atoms with Crippen molar-refractivity contribution in [1.29, 1.82) is 0 Å². The van der Waals surface area contributed by atoms with Crippen LogP contribution in [0.1, 0.15) is 43.7 Å². The smallest absolute Gasteiger partial charge is 0.387 e. The third-order valence-electron chi connectivity index (χ3n) is 4.87. The second-order valence-electron chi connectivity index (χ2n) is 7.39. The van der Waals surface area contributed by atoms with E-state index in [9.17, 15) is 13.6 Å². The third-order valence-corrected chi connectivity index (χ3v) is 4.87. The maximum atomic E-state index is 13.0. The Hall–Kier alpha value is -2.83. The van der Waals surface area contributed by atoms with Crippen LogP contribution in [0.2, 0.25) is 0 Å². The molecule has 0 bridgehead atoms. The minimum Gasteiger partial charge on any atom is -0.493 e. The summed E-state index contributed by atoms with van der Waals surface area (Å²) < 4.78 is 34.7. The zero-order valence-electron chi connectivity index (χ0n) is 16.8. The molecule has 7 heteroatoms. The van der Waals surface area contributed by atoms with E-state index in [1.165, 1.54) is 13.2 Å². The molecule has 156 valence electrons. The van der Waals surface area contributed by atoms with Gasteiger partial charge in [0.05, 0.1) is 7.11 Å². The number of halogens is 2. The largest absolute Gasteiger partial charge is 0.493 e. The molecule has 2 amide bonds. The second kappa shape index (κ2) is 9.11. The van der Waals surface area contributed by atoms with Crippen LogP contribution in [0.3, 0.4) is 0 Å². The molecule has 2 aromatic carbocycles. The van der Waals surface area contributed by atoms with Gasteiger partial charge in [-0.15, -0.1) is 0 Å². The zero-order valence-corrected chi connectivity index (χ0v) is 16.8. The van der Waals surface area contributed by atoms with Crippen molar-refractivity contribution in [2.75, 3.05) is 12.4 Å². The first-order valence-electron chi connectivity index (χ1n) is 9.67. The number of para-hydroxylation sites is 1. The summed E-state index contributed by atoms with van der Waals surface area (Å²) in [7, 11) is 1.39. The van der Waals surface area contributed by atoms with Crippen LogP contribution in [-0.4, -0.2) is 30.7 Å². The first-order chi connectivity index (χ1) is 13.9. The number of anilines is 1. The molecule has 0 atom stereocenters. The van der Waals surface area contributed by atoms with E-state index >= 15 is 0 Å². The van der Waals surface area contributed by atoms with Crippen LogP contribution in [0.5, 0.6) is 11.5 Å². The van der Waals surface area contributed by atoms with Gasteiger partial charge in [-0.05, 0) is 48.1 Å². The minimum absolute atomic E-state index is 0.0282. The first-order valence-corrected chi connectivity index (χ1v) is 9.67. The van der Waals surface area contributed by atoms with Crippen LogP contribution in [0.15, 0.2) is 42.5 Å². The van der Waals surface area contributed by atoms with Crippen molar-refractivity contribution >= 4 is 11.7 Å². The van der Waals surface area contributed by atoms with Gasteiger partial charge in [0, 0.05) is 18.3 Å². The quantitative estimate of drug-likeness (QED) is 0.622. The normalized spacial score (nSPS) is 13.5. The van der Waals surface area contributed by atoms with Crippen LogP contribution in [-0.2, 0) is 6.54 Å². The zero-order chi connectivity index (χ0) is 21.0. The molecule has 0 spiro atoms. The predicted molar refractivity (Wildman–Crippen MR) is 108 cm³/mol. The van der Waals surface area contributed by atoms with Crippen LogP contribution < -0.4 is 14.8 Å². The SMILES string of the molecule is COc1cc(CN(C(=O)Nc2ccccc2C(C)C)C2CC2)ccc1OC(F)F. The van der Waals surface area contributed by atoms with Gasteiger partial charge in [0.2, 0.25) is 0 Å². The van der Waals surface area contributed by atoms with Gasteiger partial charge in [0.25, 0.3) is 0 Å². The first kappa shape index (κ1) is 20.9. The Labute approximate surface area is 169 Å². The Bertz CT molecular complexity index is 854.